The minimum atomic E-state index is -0.424. The Balaban J connectivity index is 1.58. The Labute approximate surface area is 220 Å². The molecule has 0 atom stereocenters. The summed E-state index contributed by atoms with van der Waals surface area (Å²) in [5.41, 5.74) is 3.05. The molecule has 3 aromatic carbocycles. The van der Waals surface area contributed by atoms with E-state index in [-0.39, 0.29) is 19.0 Å². The van der Waals surface area contributed by atoms with Crippen molar-refractivity contribution in [3.8, 4) is 11.5 Å². The zero-order valence-corrected chi connectivity index (χ0v) is 21.9. The predicted octanol–water partition coefficient (Wildman–Crippen LogP) is 3.82. The average molecular weight is 514 g/mol. The number of aromatic nitrogens is 2. The van der Waals surface area contributed by atoms with E-state index in [1.165, 1.54) is 18.8 Å². The molecule has 0 saturated carbocycles. The third-order valence-electron chi connectivity index (χ3n) is 7.13. The number of nitrogens with zero attached hydrogens (tertiary/aromatic N) is 3. The van der Waals surface area contributed by atoms with Crippen LogP contribution in [0.3, 0.4) is 0 Å². The zero-order chi connectivity index (χ0) is 26.8. The fourth-order valence-corrected chi connectivity index (χ4v) is 4.95. The first-order chi connectivity index (χ1) is 18.4. The second-order valence-electron chi connectivity index (χ2n) is 9.67. The average Bonchev–Trinajstić information content (AvgIpc) is 3.49. The maximum atomic E-state index is 13.8. The summed E-state index contributed by atoms with van der Waals surface area (Å²) in [6, 6.07) is 18.4. The minimum absolute atomic E-state index is 0.0124. The highest BCUT2D eigenvalue weighted by atomic mass is 16.5. The molecule has 1 saturated heterocycles. The standard InChI is InChI=1S/C30H31N3O5/c1-20-6-8-21(9-7-20)18-32-25-17-27(38-3)26(37-2)16-24(25)29(35)33(30(32)36)19-22-10-12-23(13-11-22)28(34)31-14-4-5-15-31/h6-13,16-17H,4-5,14-15,18-19H2,1-3H3. The minimum Gasteiger partial charge on any atom is -0.493 e. The van der Waals surface area contributed by atoms with E-state index in [9.17, 15) is 14.4 Å². The molecule has 5 rings (SSSR count). The van der Waals surface area contributed by atoms with Crippen molar-refractivity contribution in [2.45, 2.75) is 32.9 Å². The monoisotopic (exact) mass is 513 g/mol. The summed E-state index contributed by atoms with van der Waals surface area (Å²) in [6.45, 7) is 3.93. The highest BCUT2D eigenvalue weighted by Gasteiger charge is 2.20. The molecule has 4 aromatic rings. The number of carbonyl (C=O) groups is 1. The topological polar surface area (TPSA) is 82.8 Å². The first-order valence-corrected chi connectivity index (χ1v) is 12.7. The lowest BCUT2D eigenvalue weighted by atomic mass is 10.1. The van der Waals surface area contributed by atoms with Crippen LogP contribution in [0.2, 0.25) is 0 Å². The van der Waals surface area contributed by atoms with E-state index in [4.69, 9.17) is 9.47 Å². The fraction of sp³-hybridized carbons (Fsp3) is 0.300. The summed E-state index contributed by atoms with van der Waals surface area (Å²) in [5, 5.41) is 0.357. The van der Waals surface area contributed by atoms with Gasteiger partial charge in [-0.05, 0) is 49.1 Å². The van der Waals surface area contributed by atoms with Gasteiger partial charge in [0.15, 0.2) is 11.5 Å². The first-order valence-electron chi connectivity index (χ1n) is 12.7. The van der Waals surface area contributed by atoms with Crippen LogP contribution in [0.5, 0.6) is 11.5 Å². The van der Waals surface area contributed by atoms with Gasteiger partial charge in [0.25, 0.3) is 11.5 Å². The third kappa shape index (κ3) is 4.81. The van der Waals surface area contributed by atoms with Crippen molar-refractivity contribution >= 4 is 16.8 Å². The smallest absolute Gasteiger partial charge is 0.332 e. The number of amides is 1. The molecule has 0 unspecified atom stereocenters. The van der Waals surface area contributed by atoms with Crippen LogP contribution in [0.15, 0.2) is 70.3 Å². The fourth-order valence-electron chi connectivity index (χ4n) is 4.95. The summed E-state index contributed by atoms with van der Waals surface area (Å²) >= 11 is 0. The van der Waals surface area contributed by atoms with Crippen molar-refractivity contribution in [3.05, 3.63) is 104 Å². The lowest BCUT2D eigenvalue weighted by Crippen LogP contribution is -2.40. The van der Waals surface area contributed by atoms with Gasteiger partial charge in [0, 0.05) is 24.7 Å². The molecule has 0 bridgehead atoms. The molecule has 1 fully saturated rings. The molecular formula is C30H31N3O5. The van der Waals surface area contributed by atoms with Crippen LogP contribution in [0, 0.1) is 6.92 Å². The lowest BCUT2D eigenvalue weighted by Gasteiger charge is -2.17. The molecule has 8 nitrogen and oxygen atoms in total. The Morgan fingerprint density at radius 2 is 1.34 bits per heavy atom. The van der Waals surface area contributed by atoms with Crippen molar-refractivity contribution < 1.29 is 14.3 Å². The Kier molecular flexibility index (Phi) is 7.05. The predicted molar refractivity (Wildman–Crippen MR) is 147 cm³/mol. The maximum Gasteiger partial charge on any atom is 0.332 e. The normalized spacial score (nSPS) is 13.2. The van der Waals surface area contributed by atoms with Gasteiger partial charge in [-0.2, -0.15) is 0 Å². The Morgan fingerprint density at radius 1 is 0.789 bits per heavy atom. The summed E-state index contributed by atoms with van der Waals surface area (Å²) in [5.74, 6) is 0.861. The van der Waals surface area contributed by atoms with Gasteiger partial charge in [-0.1, -0.05) is 42.0 Å². The molecule has 0 aliphatic carbocycles. The number of methoxy groups -OCH3 is 2. The quantitative estimate of drug-likeness (QED) is 0.375. The van der Waals surface area contributed by atoms with Gasteiger partial charge >= 0.3 is 5.69 Å². The first kappa shape index (κ1) is 25.3. The molecule has 1 amide bonds. The van der Waals surface area contributed by atoms with Gasteiger partial charge in [-0.15, -0.1) is 0 Å². The summed E-state index contributed by atoms with van der Waals surface area (Å²) in [7, 11) is 3.03. The second kappa shape index (κ2) is 10.6. The Hall–Kier alpha value is -4.33. The number of fused-ring (bicyclic) bond motifs is 1. The van der Waals surface area contributed by atoms with Crippen LogP contribution in [0.4, 0.5) is 0 Å². The van der Waals surface area contributed by atoms with E-state index in [1.54, 1.807) is 41.0 Å². The van der Waals surface area contributed by atoms with Gasteiger partial charge in [0.2, 0.25) is 0 Å². The number of rotatable bonds is 7. The molecule has 1 aliphatic rings. The Bertz CT molecular complexity index is 1600. The van der Waals surface area contributed by atoms with Crippen LogP contribution in [-0.4, -0.2) is 47.3 Å². The maximum absolute atomic E-state index is 13.8. The SMILES string of the molecule is COc1cc2c(=O)n(Cc3ccc(C(=O)N4CCCC4)cc3)c(=O)n(Cc3ccc(C)cc3)c2cc1OC. The van der Waals surface area contributed by atoms with Crippen LogP contribution in [0.25, 0.3) is 10.9 Å². The zero-order valence-electron chi connectivity index (χ0n) is 21.9. The van der Waals surface area contributed by atoms with E-state index in [0.29, 0.717) is 28.0 Å². The molecule has 0 radical (unpaired) electrons. The van der Waals surface area contributed by atoms with Crippen molar-refractivity contribution in [1.29, 1.82) is 0 Å². The van der Waals surface area contributed by atoms with Crippen molar-refractivity contribution in [2.24, 2.45) is 0 Å². The van der Waals surface area contributed by atoms with Crippen LogP contribution in [0.1, 0.15) is 39.9 Å². The third-order valence-corrected chi connectivity index (χ3v) is 7.13. The molecule has 0 spiro atoms. The van der Waals surface area contributed by atoms with Crippen LogP contribution < -0.4 is 20.7 Å². The number of carbonyl (C=O) groups excluding carboxylic acids is 1. The van der Waals surface area contributed by atoms with Gasteiger partial charge in [0.05, 0.1) is 38.2 Å². The Morgan fingerprint density at radius 3 is 1.95 bits per heavy atom. The summed E-state index contributed by atoms with van der Waals surface area (Å²) in [6.07, 6.45) is 2.06. The highest BCUT2D eigenvalue weighted by molar-refractivity contribution is 5.94. The van der Waals surface area contributed by atoms with Gasteiger partial charge in [-0.3, -0.25) is 18.7 Å². The van der Waals surface area contributed by atoms with E-state index >= 15 is 0 Å². The van der Waals surface area contributed by atoms with Crippen molar-refractivity contribution in [3.63, 3.8) is 0 Å². The number of benzene rings is 3. The van der Waals surface area contributed by atoms with Gasteiger partial charge < -0.3 is 14.4 Å². The van der Waals surface area contributed by atoms with E-state index in [1.807, 2.05) is 36.1 Å². The summed E-state index contributed by atoms with van der Waals surface area (Å²) < 4.78 is 13.7. The molecule has 0 N–H and O–H groups in total. The second-order valence-corrected chi connectivity index (χ2v) is 9.67. The molecule has 38 heavy (non-hydrogen) atoms. The number of hydrogen-bond acceptors (Lipinski definition) is 5. The van der Waals surface area contributed by atoms with E-state index < -0.39 is 11.2 Å². The molecule has 196 valence electrons. The van der Waals surface area contributed by atoms with Gasteiger partial charge in [-0.25, -0.2) is 4.79 Å². The van der Waals surface area contributed by atoms with Crippen LogP contribution in [-0.2, 0) is 13.1 Å². The van der Waals surface area contributed by atoms with E-state index in [2.05, 4.69) is 0 Å². The largest absolute Gasteiger partial charge is 0.493 e. The van der Waals surface area contributed by atoms with Crippen molar-refractivity contribution in [2.75, 3.05) is 27.3 Å². The molecule has 1 aliphatic heterocycles. The molecule has 2 heterocycles. The molecular weight excluding hydrogens is 482 g/mol. The number of aryl methyl sites for hydroxylation is 1. The molecule has 8 heteroatoms. The number of ether oxygens (including phenoxy) is 2. The number of hydrogen-bond donors (Lipinski definition) is 0. The lowest BCUT2D eigenvalue weighted by molar-refractivity contribution is 0.0793. The summed E-state index contributed by atoms with van der Waals surface area (Å²) in [4.78, 5) is 42.0. The van der Waals surface area contributed by atoms with E-state index in [0.717, 1.165) is 42.6 Å². The highest BCUT2D eigenvalue weighted by Crippen LogP contribution is 2.30. The number of likely N-dealkylation sites (tertiary alicyclic amines) is 1. The van der Waals surface area contributed by atoms with Crippen LogP contribution >= 0.6 is 0 Å². The van der Waals surface area contributed by atoms with Crippen molar-refractivity contribution in [1.82, 2.24) is 14.0 Å². The van der Waals surface area contributed by atoms with Gasteiger partial charge in [0.1, 0.15) is 0 Å². The molecule has 1 aromatic heterocycles.